The Morgan fingerprint density at radius 1 is 1.25 bits per heavy atom. The fraction of sp³-hybridized carbons (Fsp3) is 0.538. The lowest BCUT2D eigenvalue weighted by atomic mass is 10.0. The molecular weight excluding hydrogens is 202 g/mol. The molecule has 0 saturated carbocycles. The van der Waals surface area contributed by atoms with Crippen LogP contribution in [0, 0.1) is 5.92 Å². The molecule has 1 aromatic carbocycles. The minimum absolute atomic E-state index is 0.413. The number of rotatable bonds is 3. The lowest BCUT2D eigenvalue weighted by molar-refractivity contribution is 0.386. The summed E-state index contributed by atoms with van der Waals surface area (Å²) in [5, 5.41) is 3.51. The number of nitrogens with one attached hydrogen (secondary N) is 1. The standard InChI is InChI=1S/C13H19NO2/c1-9-6-12(14-8-9)11-5-4-10(15-2)7-13(11)16-3/h4-5,7,9,12,14H,6,8H2,1-3H3/t9-,12-/m0/s1. The lowest BCUT2D eigenvalue weighted by Gasteiger charge is -2.16. The summed E-state index contributed by atoms with van der Waals surface area (Å²) in [6.07, 6.45) is 1.17. The van der Waals surface area contributed by atoms with Crippen LogP contribution in [-0.4, -0.2) is 20.8 Å². The summed E-state index contributed by atoms with van der Waals surface area (Å²) in [6, 6.07) is 6.44. The molecule has 0 spiro atoms. The van der Waals surface area contributed by atoms with E-state index in [9.17, 15) is 0 Å². The molecule has 16 heavy (non-hydrogen) atoms. The van der Waals surface area contributed by atoms with Crippen LogP contribution in [0.25, 0.3) is 0 Å². The number of methoxy groups -OCH3 is 2. The van der Waals surface area contributed by atoms with Gasteiger partial charge in [-0.3, -0.25) is 0 Å². The fourth-order valence-corrected chi connectivity index (χ4v) is 2.26. The van der Waals surface area contributed by atoms with E-state index in [0.29, 0.717) is 6.04 Å². The van der Waals surface area contributed by atoms with E-state index in [1.54, 1.807) is 14.2 Å². The molecule has 0 radical (unpaired) electrons. The number of hydrogen-bond acceptors (Lipinski definition) is 3. The van der Waals surface area contributed by atoms with Crippen molar-refractivity contribution in [3.8, 4) is 11.5 Å². The summed E-state index contributed by atoms with van der Waals surface area (Å²) in [4.78, 5) is 0. The van der Waals surface area contributed by atoms with Crippen LogP contribution in [0.15, 0.2) is 18.2 Å². The van der Waals surface area contributed by atoms with Crippen molar-refractivity contribution in [1.29, 1.82) is 0 Å². The summed E-state index contributed by atoms with van der Waals surface area (Å²) in [6.45, 7) is 3.35. The summed E-state index contributed by atoms with van der Waals surface area (Å²) in [5.41, 5.74) is 1.23. The van der Waals surface area contributed by atoms with Gasteiger partial charge in [-0.15, -0.1) is 0 Å². The second-order valence-electron chi connectivity index (χ2n) is 4.41. The Hall–Kier alpha value is -1.22. The highest BCUT2D eigenvalue weighted by atomic mass is 16.5. The van der Waals surface area contributed by atoms with E-state index < -0.39 is 0 Å². The largest absolute Gasteiger partial charge is 0.497 e. The molecule has 0 amide bonds. The van der Waals surface area contributed by atoms with E-state index in [2.05, 4.69) is 18.3 Å². The van der Waals surface area contributed by atoms with Gasteiger partial charge in [-0.25, -0.2) is 0 Å². The molecule has 1 heterocycles. The normalized spacial score (nSPS) is 24.4. The highest BCUT2D eigenvalue weighted by molar-refractivity contribution is 5.42. The molecule has 1 N–H and O–H groups in total. The summed E-state index contributed by atoms with van der Waals surface area (Å²) in [5.74, 6) is 2.48. The van der Waals surface area contributed by atoms with Gasteiger partial charge in [0.2, 0.25) is 0 Å². The second kappa shape index (κ2) is 4.74. The van der Waals surface area contributed by atoms with Gasteiger partial charge in [-0.2, -0.15) is 0 Å². The van der Waals surface area contributed by atoms with Crippen molar-refractivity contribution in [2.45, 2.75) is 19.4 Å². The SMILES string of the molecule is COc1ccc([C@@H]2C[C@H](C)CN2)c(OC)c1. The van der Waals surface area contributed by atoms with Gasteiger partial charge in [0.25, 0.3) is 0 Å². The molecule has 3 heteroatoms. The Morgan fingerprint density at radius 2 is 2.06 bits per heavy atom. The van der Waals surface area contributed by atoms with Crippen molar-refractivity contribution < 1.29 is 9.47 Å². The molecule has 1 saturated heterocycles. The third-order valence-corrected chi connectivity index (χ3v) is 3.17. The number of ether oxygens (including phenoxy) is 2. The van der Waals surface area contributed by atoms with Gasteiger partial charge in [-0.1, -0.05) is 13.0 Å². The fourth-order valence-electron chi connectivity index (χ4n) is 2.26. The molecule has 0 unspecified atom stereocenters. The average molecular weight is 221 g/mol. The molecule has 88 valence electrons. The quantitative estimate of drug-likeness (QED) is 0.850. The van der Waals surface area contributed by atoms with Gasteiger partial charge >= 0.3 is 0 Å². The van der Waals surface area contributed by atoms with Gasteiger partial charge in [0.05, 0.1) is 14.2 Å². The zero-order valence-electron chi connectivity index (χ0n) is 10.1. The highest BCUT2D eigenvalue weighted by Crippen LogP contribution is 2.34. The Labute approximate surface area is 96.8 Å². The van der Waals surface area contributed by atoms with Crippen LogP contribution < -0.4 is 14.8 Å². The van der Waals surface area contributed by atoms with E-state index in [1.165, 1.54) is 12.0 Å². The maximum Gasteiger partial charge on any atom is 0.127 e. The predicted molar refractivity (Wildman–Crippen MR) is 64.1 cm³/mol. The van der Waals surface area contributed by atoms with Crippen molar-refractivity contribution in [2.75, 3.05) is 20.8 Å². The van der Waals surface area contributed by atoms with Crippen molar-refractivity contribution in [3.63, 3.8) is 0 Å². The molecule has 1 aromatic rings. The average Bonchev–Trinajstić information content (AvgIpc) is 2.74. The number of hydrogen-bond donors (Lipinski definition) is 1. The molecular formula is C13H19NO2. The Bertz CT molecular complexity index is 365. The first-order valence-corrected chi connectivity index (χ1v) is 5.70. The smallest absolute Gasteiger partial charge is 0.127 e. The van der Waals surface area contributed by atoms with Crippen LogP contribution in [0.3, 0.4) is 0 Å². The Morgan fingerprint density at radius 3 is 2.62 bits per heavy atom. The first-order chi connectivity index (χ1) is 7.74. The molecule has 1 aliphatic rings. The van der Waals surface area contributed by atoms with Crippen LogP contribution >= 0.6 is 0 Å². The molecule has 0 aliphatic carbocycles. The first kappa shape index (κ1) is 11.3. The van der Waals surface area contributed by atoms with Gasteiger partial charge in [0.1, 0.15) is 11.5 Å². The third kappa shape index (κ3) is 2.14. The molecule has 3 nitrogen and oxygen atoms in total. The van der Waals surface area contributed by atoms with E-state index >= 15 is 0 Å². The molecule has 2 atom stereocenters. The zero-order chi connectivity index (χ0) is 11.5. The highest BCUT2D eigenvalue weighted by Gasteiger charge is 2.24. The summed E-state index contributed by atoms with van der Waals surface area (Å²) in [7, 11) is 3.38. The summed E-state index contributed by atoms with van der Waals surface area (Å²) >= 11 is 0. The van der Waals surface area contributed by atoms with Crippen molar-refractivity contribution >= 4 is 0 Å². The van der Waals surface area contributed by atoms with Crippen LogP contribution in [-0.2, 0) is 0 Å². The molecule has 1 aliphatic heterocycles. The molecule has 0 bridgehead atoms. The van der Waals surface area contributed by atoms with Crippen molar-refractivity contribution in [2.24, 2.45) is 5.92 Å². The Kier molecular flexibility index (Phi) is 3.34. The van der Waals surface area contributed by atoms with Gasteiger partial charge in [0, 0.05) is 17.7 Å². The van der Waals surface area contributed by atoms with E-state index in [0.717, 1.165) is 24.0 Å². The van der Waals surface area contributed by atoms with Crippen molar-refractivity contribution in [3.05, 3.63) is 23.8 Å². The van der Waals surface area contributed by atoms with E-state index in [-0.39, 0.29) is 0 Å². The molecule has 2 rings (SSSR count). The van der Waals surface area contributed by atoms with Crippen molar-refractivity contribution in [1.82, 2.24) is 5.32 Å². The minimum Gasteiger partial charge on any atom is -0.497 e. The molecule has 0 aromatic heterocycles. The van der Waals surface area contributed by atoms with Crippen LogP contribution in [0.5, 0.6) is 11.5 Å². The topological polar surface area (TPSA) is 30.5 Å². The van der Waals surface area contributed by atoms with E-state index in [4.69, 9.17) is 9.47 Å². The lowest BCUT2D eigenvalue weighted by Crippen LogP contribution is -2.14. The van der Waals surface area contributed by atoms with Crippen LogP contribution in [0.4, 0.5) is 0 Å². The monoisotopic (exact) mass is 221 g/mol. The predicted octanol–water partition coefficient (Wildman–Crippen LogP) is 2.37. The van der Waals surface area contributed by atoms with Gasteiger partial charge in [-0.05, 0) is 24.9 Å². The van der Waals surface area contributed by atoms with Gasteiger partial charge in [0.15, 0.2) is 0 Å². The van der Waals surface area contributed by atoms with Crippen LogP contribution in [0.2, 0.25) is 0 Å². The summed E-state index contributed by atoms with van der Waals surface area (Å²) < 4.78 is 10.6. The van der Waals surface area contributed by atoms with E-state index in [1.807, 2.05) is 12.1 Å². The maximum atomic E-state index is 5.42. The minimum atomic E-state index is 0.413. The Balaban J connectivity index is 2.26. The first-order valence-electron chi connectivity index (χ1n) is 5.70. The third-order valence-electron chi connectivity index (χ3n) is 3.17. The van der Waals surface area contributed by atoms with Crippen LogP contribution in [0.1, 0.15) is 24.9 Å². The maximum absolute atomic E-state index is 5.42. The molecule has 1 fully saturated rings. The zero-order valence-corrected chi connectivity index (χ0v) is 10.1. The number of benzene rings is 1. The van der Waals surface area contributed by atoms with Gasteiger partial charge < -0.3 is 14.8 Å². The second-order valence-corrected chi connectivity index (χ2v) is 4.41.